The van der Waals surface area contributed by atoms with E-state index in [4.69, 9.17) is 0 Å². The lowest BCUT2D eigenvalue weighted by atomic mass is 10.1. The Morgan fingerprint density at radius 1 is 0.952 bits per heavy atom. The molecule has 1 aliphatic carbocycles. The second kappa shape index (κ2) is 5.11. The molecule has 3 nitrogen and oxygen atoms in total. The molecule has 3 rings (SSSR count). The minimum atomic E-state index is -3.47. The van der Waals surface area contributed by atoms with Gasteiger partial charge in [-0.3, -0.25) is 0 Å². The predicted octanol–water partition coefficient (Wildman–Crippen LogP) is 2.75. The van der Waals surface area contributed by atoms with E-state index < -0.39 is 21.0 Å². The Kier molecular flexibility index (Phi) is 3.41. The molecule has 0 radical (unpaired) electrons. The van der Waals surface area contributed by atoms with E-state index in [1.54, 1.807) is 24.3 Å². The lowest BCUT2D eigenvalue weighted by Crippen LogP contribution is -2.11. The number of rotatable bonds is 4. The van der Waals surface area contributed by atoms with Crippen LogP contribution in [0, 0.1) is 12.8 Å². The molecule has 0 aliphatic heterocycles. The maximum Gasteiger partial charge on any atom is 0.182 e. The number of benzene rings is 2. The molecule has 108 valence electrons. The lowest BCUT2D eigenvalue weighted by molar-refractivity contribution is -0.108. The molecule has 0 heterocycles. The van der Waals surface area contributed by atoms with Crippen LogP contribution in [0.15, 0.2) is 59.5 Å². The molecule has 0 N–H and O–H groups in total. The van der Waals surface area contributed by atoms with E-state index >= 15 is 0 Å². The van der Waals surface area contributed by atoms with Gasteiger partial charge in [0.05, 0.1) is 10.1 Å². The molecule has 2 aromatic rings. The van der Waals surface area contributed by atoms with Crippen molar-refractivity contribution in [3.8, 4) is 0 Å². The zero-order valence-electron chi connectivity index (χ0n) is 11.6. The number of carbonyl (C=O) groups excluding carboxylic acids is 1. The quantitative estimate of drug-likeness (QED) is 0.816. The molecule has 1 fully saturated rings. The van der Waals surface area contributed by atoms with Crippen LogP contribution in [0.2, 0.25) is 0 Å². The van der Waals surface area contributed by atoms with Gasteiger partial charge in [-0.15, -0.1) is 0 Å². The van der Waals surface area contributed by atoms with E-state index in [9.17, 15) is 13.2 Å². The molecule has 4 heteroatoms. The zero-order chi connectivity index (χ0) is 15.0. The first kappa shape index (κ1) is 14.0. The number of sulfone groups is 1. The highest BCUT2D eigenvalue weighted by atomic mass is 32.2. The Bertz CT molecular complexity index is 748. The van der Waals surface area contributed by atoms with Crippen molar-refractivity contribution < 1.29 is 13.2 Å². The number of carbonyl (C=O) groups is 1. The molecule has 0 amide bonds. The summed E-state index contributed by atoms with van der Waals surface area (Å²) in [5.41, 5.74) is 1.92. The first-order valence-electron chi connectivity index (χ1n) is 6.86. The summed E-state index contributed by atoms with van der Waals surface area (Å²) in [5, 5.41) is -0.639. The second-order valence-corrected chi connectivity index (χ2v) is 7.58. The third-order valence-corrected chi connectivity index (χ3v) is 6.31. The van der Waals surface area contributed by atoms with Crippen molar-refractivity contribution in [2.24, 2.45) is 5.92 Å². The van der Waals surface area contributed by atoms with E-state index in [0.29, 0.717) is 4.90 Å². The van der Waals surface area contributed by atoms with Crippen LogP contribution < -0.4 is 0 Å². The highest BCUT2D eigenvalue weighted by molar-refractivity contribution is 7.92. The minimum Gasteiger partial charge on any atom is -0.303 e. The SMILES string of the molecule is Cc1ccc(S(=O)(=O)C2C(C=O)C2c2ccccc2)cc1. The zero-order valence-corrected chi connectivity index (χ0v) is 12.5. The van der Waals surface area contributed by atoms with Gasteiger partial charge < -0.3 is 4.79 Å². The first-order chi connectivity index (χ1) is 10.1. The maximum absolute atomic E-state index is 12.7. The molecule has 0 saturated heterocycles. The molecule has 21 heavy (non-hydrogen) atoms. The summed E-state index contributed by atoms with van der Waals surface area (Å²) < 4.78 is 25.4. The van der Waals surface area contributed by atoms with Crippen molar-refractivity contribution in [2.45, 2.75) is 23.0 Å². The summed E-state index contributed by atoms with van der Waals surface area (Å²) in [4.78, 5) is 11.5. The topological polar surface area (TPSA) is 51.2 Å². The highest BCUT2D eigenvalue weighted by Gasteiger charge is 2.58. The van der Waals surface area contributed by atoms with Gasteiger partial charge >= 0.3 is 0 Å². The van der Waals surface area contributed by atoms with Gasteiger partial charge in [-0.25, -0.2) is 8.42 Å². The average molecular weight is 300 g/mol. The summed E-state index contributed by atoms with van der Waals surface area (Å²) in [6.07, 6.45) is 0.772. The Hall–Kier alpha value is -1.94. The van der Waals surface area contributed by atoms with Gasteiger partial charge in [-0.1, -0.05) is 48.0 Å². The van der Waals surface area contributed by atoms with Gasteiger partial charge in [-0.2, -0.15) is 0 Å². The Balaban J connectivity index is 1.96. The summed E-state index contributed by atoms with van der Waals surface area (Å²) in [6.45, 7) is 1.91. The van der Waals surface area contributed by atoms with Crippen LogP contribution in [0.5, 0.6) is 0 Å². The van der Waals surface area contributed by atoms with Crippen molar-refractivity contribution >= 4 is 16.1 Å². The molecule has 0 aromatic heterocycles. The third-order valence-electron chi connectivity index (χ3n) is 4.06. The summed E-state index contributed by atoms with van der Waals surface area (Å²) in [6, 6.07) is 16.2. The number of aldehydes is 1. The monoisotopic (exact) mass is 300 g/mol. The summed E-state index contributed by atoms with van der Waals surface area (Å²) in [5.74, 6) is -0.672. The molecule has 0 bridgehead atoms. The number of hydrogen-bond acceptors (Lipinski definition) is 3. The second-order valence-electron chi connectivity index (χ2n) is 5.47. The van der Waals surface area contributed by atoms with Crippen LogP contribution in [0.1, 0.15) is 17.0 Å². The Labute approximate surface area is 124 Å². The lowest BCUT2D eigenvalue weighted by Gasteiger charge is -2.04. The van der Waals surface area contributed by atoms with E-state index in [2.05, 4.69) is 0 Å². The Morgan fingerprint density at radius 3 is 2.14 bits per heavy atom. The van der Waals surface area contributed by atoms with Crippen LogP contribution in [0.25, 0.3) is 0 Å². The Morgan fingerprint density at radius 2 is 1.57 bits per heavy atom. The number of hydrogen-bond donors (Lipinski definition) is 0. The van der Waals surface area contributed by atoms with Gasteiger partial charge in [0.15, 0.2) is 9.84 Å². The van der Waals surface area contributed by atoms with E-state index in [1.165, 1.54) is 0 Å². The molecule has 3 unspecified atom stereocenters. The van der Waals surface area contributed by atoms with Crippen molar-refractivity contribution in [3.05, 3.63) is 65.7 Å². The van der Waals surface area contributed by atoms with Crippen LogP contribution >= 0.6 is 0 Å². The van der Waals surface area contributed by atoms with Gasteiger partial charge in [0.25, 0.3) is 0 Å². The fourth-order valence-corrected chi connectivity index (χ4v) is 4.95. The fraction of sp³-hybridized carbons (Fsp3) is 0.235. The summed E-state index contributed by atoms with van der Waals surface area (Å²) >= 11 is 0. The van der Waals surface area contributed by atoms with E-state index in [1.807, 2.05) is 37.3 Å². The van der Waals surface area contributed by atoms with Crippen LogP contribution in [0.3, 0.4) is 0 Å². The third kappa shape index (κ3) is 2.40. The maximum atomic E-state index is 12.7. The van der Waals surface area contributed by atoms with E-state index in [0.717, 1.165) is 17.4 Å². The number of aryl methyl sites for hydroxylation is 1. The van der Waals surface area contributed by atoms with Gasteiger partial charge in [-0.05, 0) is 24.6 Å². The van der Waals surface area contributed by atoms with Crippen LogP contribution in [-0.2, 0) is 14.6 Å². The van der Waals surface area contributed by atoms with Gasteiger partial charge in [0, 0.05) is 11.8 Å². The fourth-order valence-electron chi connectivity index (χ4n) is 2.84. The molecular weight excluding hydrogens is 284 g/mol. The molecular formula is C17H16O3S. The van der Waals surface area contributed by atoms with Crippen molar-refractivity contribution in [2.75, 3.05) is 0 Å². The summed E-state index contributed by atoms with van der Waals surface area (Å²) in [7, 11) is -3.47. The van der Waals surface area contributed by atoms with Crippen molar-refractivity contribution in [3.63, 3.8) is 0 Å². The van der Waals surface area contributed by atoms with E-state index in [-0.39, 0.29) is 5.92 Å². The van der Waals surface area contributed by atoms with Gasteiger partial charge in [0.2, 0.25) is 0 Å². The standard InChI is InChI=1S/C17H16O3S/c1-12-7-9-14(10-8-12)21(19,20)17-15(11-18)16(17)13-5-3-2-4-6-13/h2-11,15-17H,1H3. The predicted molar refractivity (Wildman–Crippen MR) is 80.9 cm³/mol. The van der Waals surface area contributed by atoms with Crippen molar-refractivity contribution in [1.82, 2.24) is 0 Å². The molecule has 1 aliphatic rings. The molecule has 2 aromatic carbocycles. The average Bonchev–Trinajstić information content (AvgIpc) is 3.24. The largest absolute Gasteiger partial charge is 0.303 e. The molecule has 0 spiro atoms. The smallest absolute Gasteiger partial charge is 0.182 e. The van der Waals surface area contributed by atoms with Crippen molar-refractivity contribution in [1.29, 1.82) is 0 Å². The normalized spacial score (nSPS) is 24.5. The highest BCUT2D eigenvalue weighted by Crippen LogP contribution is 2.52. The minimum absolute atomic E-state index is 0.227. The molecule has 3 atom stereocenters. The van der Waals surface area contributed by atoms with Crippen LogP contribution in [-0.4, -0.2) is 20.0 Å². The van der Waals surface area contributed by atoms with Crippen LogP contribution in [0.4, 0.5) is 0 Å². The van der Waals surface area contributed by atoms with Gasteiger partial charge in [0.1, 0.15) is 6.29 Å². The first-order valence-corrected chi connectivity index (χ1v) is 8.41. The molecule has 1 saturated carbocycles.